The Morgan fingerprint density at radius 2 is 1.32 bits per heavy atom. The molecule has 5 heteroatoms. The maximum Gasteiger partial charge on any atom is 0.342 e. The Kier molecular flexibility index (Phi) is 10.8. The van der Waals surface area contributed by atoms with E-state index in [0.29, 0.717) is 13.2 Å². The van der Waals surface area contributed by atoms with E-state index in [9.17, 15) is 4.57 Å². The molecular formula is C26H40NO3P. The summed E-state index contributed by atoms with van der Waals surface area (Å²) in [5.74, 6) is 0. The summed E-state index contributed by atoms with van der Waals surface area (Å²) >= 11 is 0. The summed E-state index contributed by atoms with van der Waals surface area (Å²) in [6.45, 7) is 8.87. The van der Waals surface area contributed by atoms with E-state index in [1.165, 1.54) is 11.1 Å². The maximum absolute atomic E-state index is 14.1. The number of rotatable bonds is 14. The molecule has 1 unspecified atom stereocenters. The first-order valence-corrected chi connectivity index (χ1v) is 13.4. The minimum atomic E-state index is -3.41. The predicted octanol–water partition coefficient (Wildman–Crippen LogP) is 7.77. The van der Waals surface area contributed by atoms with Crippen molar-refractivity contribution in [1.29, 1.82) is 0 Å². The Balaban J connectivity index is 2.63. The third-order valence-corrected chi connectivity index (χ3v) is 7.94. The Labute approximate surface area is 189 Å². The molecule has 4 nitrogen and oxygen atoms in total. The minimum absolute atomic E-state index is 0.348. The molecule has 0 amide bonds. The van der Waals surface area contributed by atoms with Gasteiger partial charge in [0.25, 0.3) is 0 Å². The molecule has 0 radical (unpaired) electrons. The molecule has 0 aliphatic heterocycles. The molecule has 0 fully saturated rings. The molecule has 1 atom stereocenters. The van der Waals surface area contributed by atoms with Crippen LogP contribution in [0.5, 0.6) is 0 Å². The lowest BCUT2D eigenvalue weighted by Gasteiger charge is -2.28. The second-order valence-corrected chi connectivity index (χ2v) is 10.1. The molecule has 0 spiro atoms. The lowest BCUT2D eigenvalue weighted by molar-refractivity contribution is 0.215. The number of anilines is 1. The van der Waals surface area contributed by atoms with Crippen molar-refractivity contribution in [3.63, 3.8) is 0 Å². The third kappa shape index (κ3) is 7.20. The molecule has 0 saturated heterocycles. The first-order chi connectivity index (χ1) is 15.0. The molecule has 0 aliphatic carbocycles. The number of nitrogens with one attached hydrogen (secondary N) is 1. The van der Waals surface area contributed by atoms with Gasteiger partial charge in [-0.25, -0.2) is 0 Å². The summed E-state index contributed by atoms with van der Waals surface area (Å²) in [6.07, 6.45) is 6.66. The van der Waals surface area contributed by atoms with E-state index in [2.05, 4.69) is 37.4 Å². The predicted molar refractivity (Wildman–Crippen MR) is 132 cm³/mol. The van der Waals surface area contributed by atoms with E-state index in [4.69, 9.17) is 9.05 Å². The molecule has 0 aliphatic rings. The van der Waals surface area contributed by atoms with E-state index in [0.717, 1.165) is 55.3 Å². The Hall–Kier alpha value is -1.61. The van der Waals surface area contributed by atoms with Gasteiger partial charge in [-0.05, 0) is 73.9 Å². The molecule has 2 rings (SSSR count). The Bertz CT molecular complexity index is 799. The van der Waals surface area contributed by atoms with Crippen LogP contribution >= 0.6 is 7.60 Å². The fraction of sp³-hybridized carbons (Fsp3) is 0.538. The zero-order valence-corrected chi connectivity index (χ0v) is 20.8. The average Bonchev–Trinajstić information content (AvgIpc) is 2.77. The van der Waals surface area contributed by atoms with Crippen molar-refractivity contribution in [3.05, 3.63) is 64.7 Å². The quantitative estimate of drug-likeness (QED) is 0.302. The van der Waals surface area contributed by atoms with E-state index in [1.807, 2.05) is 45.2 Å². The fourth-order valence-corrected chi connectivity index (χ4v) is 6.08. The van der Waals surface area contributed by atoms with Crippen LogP contribution in [0.25, 0.3) is 0 Å². The van der Waals surface area contributed by atoms with Crippen LogP contribution in [-0.2, 0) is 26.5 Å². The van der Waals surface area contributed by atoms with Crippen LogP contribution in [0.3, 0.4) is 0 Å². The van der Waals surface area contributed by atoms with Crippen LogP contribution in [0, 0.1) is 0 Å². The highest BCUT2D eigenvalue weighted by atomic mass is 31.2. The monoisotopic (exact) mass is 445 g/mol. The van der Waals surface area contributed by atoms with Gasteiger partial charge in [-0.3, -0.25) is 4.57 Å². The molecule has 1 N–H and O–H groups in total. The second-order valence-electron chi connectivity index (χ2n) is 7.94. The lowest BCUT2D eigenvalue weighted by Crippen LogP contribution is -2.10. The SMILES string of the molecule is CCCCc1cc(CCCC)cc(C(c2ccc(NC)cc2)P(=O)(OCC)OCC)c1. The molecule has 0 aromatic heterocycles. The number of benzene rings is 2. The van der Waals surface area contributed by atoms with Crippen molar-refractivity contribution in [2.45, 2.75) is 71.9 Å². The summed E-state index contributed by atoms with van der Waals surface area (Å²) in [5.41, 5.74) is 5.18. The molecule has 0 bridgehead atoms. The van der Waals surface area contributed by atoms with Gasteiger partial charge in [-0.15, -0.1) is 0 Å². The highest BCUT2D eigenvalue weighted by Gasteiger charge is 2.38. The van der Waals surface area contributed by atoms with Crippen molar-refractivity contribution in [1.82, 2.24) is 0 Å². The number of unbranched alkanes of at least 4 members (excludes halogenated alkanes) is 2. The summed E-state index contributed by atoms with van der Waals surface area (Å²) in [4.78, 5) is 0. The van der Waals surface area contributed by atoms with Gasteiger partial charge in [0, 0.05) is 12.7 Å². The molecule has 31 heavy (non-hydrogen) atoms. The van der Waals surface area contributed by atoms with E-state index < -0.39 is 13.3 Å². The van der Waals surface area contributed by atoms with Crippen LogP contribution in [0.15, 0.2) is 42.5 Å². The number of aryl methyl sites for hydroxylation is 2. The van der Waals surface area contributed by atoms with Crippen LogP contribution in [0.2, 0.25) is 0 Å². The molecule has 172 valence electrons. The Morgan fingerprint density at radius 1 is 0.806 bits per heavy atom. The molecule has 0 saturated carbocycles. The van der Waals surface area contributed by atoms with Gasteiger partial charge in [0.05, 0.1) is 13.2 Å². The molecule has 2 aromatic carbocycles. The van der Waals surface area contributed by atoms with E-state index in [1.54, 1.807) is 0 Å². The van der Waals surface area contributed by atoms with Crippen LogP contribution in [-0.4, -0.2) is 20.3 Å². The fourth-order valence-electron chi connectivity index (χ4n) is 3.94. The van der Waals surface area contributed by atoms with E-state index >= 15 is 0 Å². The van der Waals surface area contributed by atoms with Crippen molar-refractivity contribution in [2.24, 2.45) is 0 Å². The van der Waals surface area contributed by atoms with E-state index in [-0.39, 0.29) is 0 Å². The summed E-state index contributed by atoms with van der Waals surface area (Å²) in [7, 11) is -1.51. The van der Waals surface area contributed by atoms with Gasteiger partial charge in [0.15, 0.2) is 0 Å². The lowest BCUT2D eigenvalue weighted by atomic mass is 9.95. The highest BCUT2D eigenvalue weighted by Crippen LogP contribution is 2.63. The first kappa shape index (κ1) is 25.6. The van der Waals surface area contributed by atoms with Gasteiger partial charge in [0.2, 0.25) is 0 Å². The molecule has 2 aromatic rings. The van der Waals surface area contributed by atoms with Crippen LogP contribution < -0.4 is 5.32 Å². The van der Waals surface area contributed by atoms with Gasteiger partial charge < -0.3 is 14.4 Å². The van der Waals surface area contributed by atoms with Gasteiger partial charge in [-0.1, -0.05) is 57.0 Å². The number of hydrogen-bond acceptors (Lipinski definition) is 4. The van der Waals surface area contributed by atoms with Crippen LogP contribution in [0.4, 0.5) is 5.69 Å². The van der Waals surface area contributed by atoms with Crippen molar-refractivity contribution < 1.29 is 13.6 Å². The molecule has 0 heterocycles. The summed E-state index contributed by atoms with van der Waals surface area (Å²) < 4.78 is 25.8. The number of hydrogen-bond donors (Lipinski definition) is 1. The zero-order chi connectivity index (χ0) is 22.7. The third-order valence-electron chi connectivity index (χ3n) is 5.48. The zero-order valence-electron chi connectivity index (χ0n) is 19.9. The van der Waals surface area contributed by atoms with Crippen molar-refractivity contribution in [2.75, 3.05) is 25.6 Å². The standard InChI is InChI=1S/C26H40NO3P/c1-6-10-12-21-18-22(13-11-7-2)20-24(19-21)26(31(28,29-8-3)30-9-4)23-14-16-25(27-5)17-15-23/h14-20,26-27H,6-13H2,1-5H3. The van der Waals surface area contributed by atoms with Gasteiger partial charge in [0.1, 0.15) is 5.66 Å². The summed E-state index contributed by atoms with van der Waals surface area (Å²) in [5, 5.41) is 3.15. The van der Waals surface area contributed by atoms with Crippen molar-refractivity contribution in [3.8, 4) is 0 Å². The largest absolute Gasteiger partial charge is 0.388 e. The maximum atomic E-state index is 14.1. The van der Waals surface area contributed by atoms with Gasteiger partial charge >= 0.3 is 7.60 Å². The molecular weight excluding hydrogens is 405 g/mol. The minimum Gasteiger partial charge on any atom is -0.388 e. The Morgan fingerprint density at radius 3 is 1.74 bits per heavy atom. The summed E-state index contributed by atoms with van der Waals surface area (Å²) in [6, 6.07) is 14.9. The van der Waals surface area contributed by atoms with Gasteiger partial charge in [-0.2, -0.15) is 0 Å². The average molecular weight is 446 g/mol. The highest BCUT2D eigenvalue weighted by molar-refractivity contribution is 7.54. The first-order valence-electron chi connectivity index (χ1n) is 11.8. The van der Waals surface area contributed by atoms with Crippen molar-refractivity contribution >= 4 is 13.3 Å². The topological polar surface area (TPSA) is 47.6 Å². The second kappa shape index (κ2) is 13.1. The van der Waals surface area contributed by atoms with Crippen LogP contribution in [0.1, 0.15) is 81.3 Å². The normalized spacial score (nSPS) is 12.7. The smallest absolute Gasteiger partial charge is 0.342 e.